The fourth-order valence-electron chi connectivity index (χ4n) is 3.03. The van der Waals surface area contributed by atoms with Crippen LogP contribution in [-0.4, -0.2) is 32.8 Å². The molecule has 2 heterocycles. The molecule has 0 amide bonds. The quantitative estimate of drug-likeness (QED) is 0.802. The number of ether oxygens (including phenoxy) is 2. The lowest BCUT2D eigenvalue weighted by molar-refractivity contribution is 0.0509. The van der Waals surface area contributed by atoms with Crippen LogP contribution in [0, 0.1) is 5.82 Å². The van der Waals surface area contributed by atoms with E-state index in [2.05, 4.69) is 0 Å². The first-order valence-corrected chi connectivity index (χ1v) is 8.48. The van der Waals surface area contributed by atoms with E-state index in [0.717, 1.165) is 5.57 Å². The number of methoxy groups -OCH3 is 1. The highest BCUT2D eigenvalue weighted by Gasteiger charge is 2.43. The highest BCUT2D eigenvalue weighted by atomic mass is 32.2. The van der Waals surface area contributed by atoms with E-state index in [0.29, 0.717) is 30.6 Å². The van der Waals surface area contributed by atoms with Crippen molar-refractivity contribution in [2.75, 3.05) is 13.9 Å². The summed E-state index contributed by atoms with van der Waals surface area (Å²) >= 11 is 0. The largest absolute Gasteiger partial charge is 0.467 e. The molecule has 0 aromatic heterocycles. The number of allylic oxidation sites excluding steroid dienone is 1. The van der Waals surface area contributed by atoms with E-state index in [-0.39, 0.29) is 12.0 Å². The summed E-state index contributed by atoms with van der Waals surface area (Å²) in [5, 5.41) is -0.804. The Morgan fingerprint density at radius 1 is 1.33 bits per heavy atom. The van der Waals surface area contributed by atoms with Crippen molar-refractivity contribution in [2.24, 2.45) is 0 Å². The normalized spacial score (nSPS) is 26.5. The van der Waals surface area contributed by atoms with Crippen molar-refractivity contribution in [3.8, 4) is 5.75 Å². The van der Waals surface area contributed by atoms with Crippen LogP contribution >= 0.6 is 0 Å². The summed E-state index contributed by atoms with van der Waals surface area (Å²) in [6.07, 6.45) is 3.43. The highest BCUT2D eigenvalue weighted by molar-refractivity contribution is 7.93. The molecule has 2 atom stereocenters. The first kappa shape index (κ1) is 14.5. The Kier molecular flexibility index (Phi) is 3.75. The Morgan fingerprint density at radius 3 is 2.81 bits per heavy atom. The molecule has 0 aliphatic carbocycles. The summed E-state index contributed by atoms with van der Waals surface area (Å²) in [7, 11) is -1.55. The van der Waals surface area contributed by atoms with Gasteiger partial charge in [0.15, 0.2) is 16.6 Å². The van der Waals surface area contributed by atoms with Crippen molar-refractivity contribution in [3.05, 3.63) is 35.7 Å². The molecule has 2 bridgehead atoms. The first-order chi connectivity index (χ1) is 10.0. The molecule has 2 unspecified atom stereocenters. The summed E-state index contributed by atoms with van der Waals surface area (Å²) in [6.45, 7) is 0.0594. The third kappa shape index (κ3) is 2.58. The molecule has 2 aliphatic heterocycles. The van der Waals surface area contributed by atoms with Crippen molar-refractivity contribution in [1.29, 1.82) is 0 Å². The van der Waals surface area contributed by atoms with Gasteiger partial charge in [-0.25, -0.2) is 12.8 Å². The molecule has 114 valence electrons. The zero-order chi connectivity index (χ0) is 15.0. The number of halogens is 1. The summed E-state index contributed by atoms with van der Waals surface area (Å²) in [6, 6.07) is 4.62. The zero-order valence-corrected chi connectivity index (χ0v) is 12.5. The second kappa shape index (κ2) is 5.42. The molecule has 0 spiro atoms. The van der Waals surface area contributed by atoms with Gasteiger partial charge in [0.25, 0.3) is 0 Å². The Balaban J connectivity index is 1.88. The predicted octanol–water partition coefficient (Wildman–Crippen LogP) is 2.54. The SMILES string of the molecule is COCOc1ccc(C2=CC3CCC(C2)S3(=O)=O)c(F)c1. The van der Waals surface area contributed by atoms with Gasteiger partial charge in [-0.3, -0.25) is 0 Å². The Bertz CT molecular complexity index is 681. The number of benzene rings is 1. The van der Waals surface area contributed by atoms with Gasteiger partial charge in [-0.05, 0) is 37.0 Å². The smallest absolute Gasteiger partial charge is 0.188 e. The Morgan fingerprint density at radius 2 is 2.14 bits per heavy atom. The van der Waals surface area contributed by atoms with Crippen LogP contribution in [0.25, 0.3) is 5.57 Å². The number of rotatable bonds is 4. The van der Waals surface area contributed by atoms with Gasteiger partial charge < -0.3 is 9.47 Å². The minimum absolute atomic E-state index is 0.0594. The maximum absolute atomic E-state index is 14.2. The Hall–Kier alpha value is -1.40. The van der Waals surface area contributed by atoms with Crippen molar-refractivity contribution >= 4 is 15.4 Å². The lowest BCUT2D eigenvalue weighted by Crippen LogP contribution is -2.26. The highest BCUT2D eigenvalue weighted by Crippen LogP contribution is 2.41. The molecule has 1 aromatic rings. The number of sulfone groups is 1. The van der Waals surface area contributed by atoms with E-state index in [1.54, 1.807) is 18.2 Å². The predicted molar refractivity (Wildman–Crippen MR) is 77.2 cm³/mol. The third-order valence-electron chi connectivity index (χ3n) is 4.12. The topological polar surface area (TPSA) is 52.6 Å². The van der Waals surface area contributed by atoms with Crippen molar-refractivity contribution < 1.29 is 22.3 Å². The van der Waals surface area contributed by atoms with Crippen molar-refractivity contribution in [3.63, 3.8) is 0 Å². The molecular weight excluding hydrogens is 295 g/mol. The summed E-state index contributed by atoms with van der Waals surface area (Å²) in [4.78, 5) is 0. The fourth-order valence-corrected chi connectivity index (χ4v) is 5.22. The molecular formula is C15H17FO4S. The second-order valence-electron chi connectivity index (χ2n) is 5.42. The zero-order valence-electron chi connectivity index (χ0n) is 11.7. The van der Waals surface area contributed by atoms with Gasteiger partial charge in [0.2, 0.25) is 0 Å². The Labute approximate surface area is 123 Å². The van der Waals surface area contributed by atoms with Crippen LogP contribution in [0.15, 0.2) is 24.3 Å². The van der Waals surface area contributed by atoms with Crippen LogP contribution in [-0.2, 0) is 14.6 Å². The third-order valence-corrected chi connectivity index (χ3v) is 6.67. The van der Waals surface area contributed by atoms with Crippen molar-refractivity contribution in [1.82, 2.24) is 0 Å². The van der Waals surface area contributed by atoms with Gasteiger partial charge in [0.1, 0.15) is 11.6 Å². The average Bonchev–Trinajstić information content (AvgIpc) is 2.65. The minimum Gasteiger partial charge on any atom is -0.467 e. The standard InChI is InChI=1S/C15H17FO4S/c1-19-9-20-11-2-5-14(15(16)8-11)10-6-12-3-4-13(7-10)21(12,17)18/h2,5-6,8,12-13H,3-4,7,9H2,1H3. The summed E-state index contributed by atoms with van der Waals surface area (Å²) in [5.41, 5.74) is 1.25. The van der Waals surface area contributed by atoms with Gasteiger partial charge >= 0.3 is 0 Å². The molecule has 1 aromatic carbocycles. The lowest BCUT2D eigenvalue weighted by atomic mass is 10.00. The molecule has 21 heavy (non-hydrogen) atoms. The number of fused-ring (bicyclic) bond motifs is 2. The second-order valence-corrected chi connectivity index (χ2v) is 7.87. The molecule has 1 fully saturated rings. The van der Waals surface area contributed by atoms with E-state index >= 15 is 0 Å². The van der Waals surface area contributed by atoms with Crippen LogP contribution in [0.3, 0.4) is 0 Å². The van der Waals surface area contributed by atoms with E-state index < -0.39 is 20.9 Å². The van der Waals surface area contributed by atoms with Crippen molar-refractivity contribution in [2.45, 2.75) is 29.8 Å². The fraction of sp³-hybridized carbons (Fsp3) is 0.467. The lowest BCUT2D eigenvalue weighted by Gasteiger charge is -2.21. The van der Waals surface area contributed by atoms with Gasteiger partial charge in [0.05, 0.1) is 10.5 Å². The molecule has 0 N–H and O–H groups in total. The first-order valence-electron chi connectivity index (χ1n) is 6.87. The van der Waals surface area contributed by atoms with Crippen LogP contribution < -0.4 is 4.74 Å². The van der Waals surface area contributed by atoms with Crippen LogP contribution in [0.4, 0.5) is 4.39 Å². The van der Waals surface area contributed by atoms with Gasteiger partial charge in [-0.2, -0.15) is 0 Å². The van der Waals surface area contributed by atoms with E-state index in [9.17, 15) is 12.8 Å². The monoisotopic (exact) mass is 312 g/mol. The van der Waals surface area contributed by atoms with E-state index in [1.807, 2.05) is 0 Å². The number of hydrogen-bond acceptors (Lipinski definition) is 4. The van der Waals surface area contributed by atoms with E-state index in [1.165, 1.54) is 13.2 Å². The van der Waals surface area contributed by atoms with Gasteiger partial charge in [0, 0.05) is 18.7 Å². The summed E-state index contributed by atoms with van der Waals surface area (Å²) < 4.78 is 48.2. The van der Waals surface area contributed by atoms with Crippen LogP contribution in [0.5, 0.6) is 5.75 Å². The molecule has 1 saturated heterocycles. The van der Waals surface area contributed by atoms with E-state index in [4.69, 9.17) is 9.47 Å². The molecule has 2 aliphatic rings. The molecule has 0 saturated carbocycles. The number of hydrogen-bond donors (Lipinski definition) is 0. The molecule has 4 nitrogen and oxygen atoms in total. The molecule has 0 radical (unpaired) electrons. The van der Waals surface area contributed by atoms with Crippen LogP contribution in [0.2, 0.25) is 0 Å². The maximum Gasteiger partial charge on any atom is 0.188 e. The van der Waals surface area contributed by atoms with Gasteiger partial charge in [-0.1, -0.05) is 6.08 Å². The molecule has 6 heteroatoms. The van der Waals surface area contributed by atoms with Crippen LogP contribution in [0.1, 0.15) is 24.8 Å². The minimum atomic E-state index is -3.04. The molecule has 3 rings (SSSR count). The maximum atomic E-state index is 14.2. The van der Waals surface area contributed by atoms with Gasteiger partial charge in [-0.15, -0.1) is 0 Å². The average molecular weight is 312 g/mol. The summed E-state index contributed by atoms with van der Waals surface area (Å²) in [5.74, 6) is -0.00125.